The van der Waals surface area contributed by atoms with Crippen molar-refractivity contribution < 1.29 is 19.4 Å². The van der Waals surface area contributed by atoms with Gasteiger partial charge >= 0.3 is 11.9 Å². The molecule has 1 aliphatic heterocycles. The molecule has 0 aromatic heterocycles. The van der Waals surface area contributed by atoms with Crippen LogP contribution in [0.1, 0.15) is 58.8 Å². The normalized spacial score (nSPS) is 39.9. The van der Waals surface area contributed by atoms with Crippen LogP contribution >= 0.6 is 0 Å². The lowest BCUT2D eigenvalue weighted by Crippen LogP contribution is -2.43. The van der Waals surface area contributed by atoms with Crippen molar-refractivity contribution in [1.82, 2.24) is 0 Å². The second-order valence-corrected chi connectivity index (χ2v) is 7.00. The van der Waals surface area contributed by atoms with Crippen LogP contribution in [0.2, 0.25) is 0 Å². The highest BCUT2D eigenvalue weighted by Gasteiger charge is 2.57. The third kappa shape index (κ3) is 2.19. The van der Waals surface area contributed by atoms with Gasteiger partial charge in [-0.05, 0) is 51.5 Å². The number of hydrogen-bond acceptors (Lipinski definition) is 3. The molecule has 2 fully saturated rings. The average molecular weight is 292 g/mol. The monoisotopic (exact) mass is 292 g/mol. The lowest BCUT2D eigenvalue weighted by atomic mass is 9.65. The number of allylic oxidation sites excluding steroid dienone is 1. The van der Waals surface area contributed by atoms with E-state index < -0.39 is 17.5 Å². The van der Waals surface area contributed by atoms with Crippen molar-refractivity contribution in [1.29, 1.82) is 0 Å². The van der Waals surface area contributed by atoms with Crippen molar-refractivity contribution in [3.63, 3.8) is 0 Å². The molecule has 0 aromatic rings. The average Bonchev–Trinajstić information content (AvgIpc) is 2.71. The largest absolute Gasteiger partial charge is 0.481 e. The number of fused-ring (bicyclic) bond motifs is 1. The summed E-state index contributed by atoms with van der Waals surface area (Å²) >= 11 is 0. The quantitative estimate of drug-likeness (QED) is 0.626. The molecule has 3 aliphatic rings. The molecule has 4 unspecified atom stereocenters. The molecule has 1 saturated heterocycles. The first-order valence-corrected chi connectivity index (χ1v) is 8.11. The van der Waals surface area contributed by atoms with Crippen LogP contribution in [0.4, 0.5) is 0 Å². The molecular weight excluding hydrogens is 268 g/mol. The lowest BCUT2D eigenvalue weighted by molar-refractivity contribution is -0.150. The van der Waals surface area contributed by atoms with Crippen molar-refractivity contribution in [3.8, 4) is 0 Å². The zero-order valence-electron chi connectivity index (χ0n) is 12.9. The second kappa shape index (κ2) is 5.15. The highest BCUT2D eigenvalue weighted by Crippen LogP contribution is 2.53. The van der Waals surface area contributed by atoms with Gasteiger partial charge in [0, 0.05) is 5.92 Å². The van der Waals surface area contributed by atoms with Crippen molar-refractivity contribution >= 4 is 11.9 Å². The number of rotatable bonds is 2. The van der Waals surface area contributed by atoms with E-state index in [9.17, 15) is 14.7 Å². The number of carbonyl (C=O) groups excluding carboxylic acids is 1. The summed E-state index contributed by atoms with van der Waals surface area (Å²) in [6.07, 6.45) is 6.53. The van der Waals surface area contributed by atoms with Gasteiger partial charge in [0.1, 0.15) is 5.60 Å². The predicted molar refractivity (Wildman–Crippen MR) is 77.6 cm³/mol. The first kappa shape index (κ1) is 14.6. The number of aliphatic carboxylic acids is 1. The highest BCUT2D eigenvalue weighted by molar-refractivity contribution is 5.79. The molecule has 1 N–H and O–H groups in total. The van der Waals surface area contributed by atoms with Crippen LogP contribution in [0.15, 0.2) is 11.1 Å². The van der Waals surface area contributed by atoms with Crippen LogP contribution in [0.3, 0.4) is 0 Å². The van der Waals surface area contributed by atoms with Crippen molar-refractivity contribution in [2.75, 3.05) is 0 Å². The number of hydrogen-bond donors (Lipinski definition) is 1. The summed E-state index contributed by atoms with van der Waals surface area (Å²) in [7, 11) is 0. The molecule has 4 heteroatoms. The van der Waals surface area contributed by atoms with Crippen LogP contribution < -0.4 is 0 Å². The van der Waals surface area contributed by atoms with E-state index in [1.807, 2.05) is 13.8 Å². The maximum absolute atomic E-state index is 12.3. The van der Waals surface area contributed by atoms with Crippen LogP contribution in [-0.2, 0) is 14.3 Å². The summed E-state index contributed by atoms with van der Waals surface area (Å²) in [5, 5.41) is 9.59. The standard InChI is InChI=1S/C17H24O4/c1-10-6-5-8-12(15(18)19)14(10)17(2)13-9-4-3-7-11(13)16(20)21-17/h11-13H,3-9H2,1-2H3,(H,18,19). The van der Waals surface area contributed by atoms with Gasteiger partial charge in [0.2, 0.25) is 0 Å². The number of carboxylic acids is 1. The Bertz CT molecular complexity index is 507. The molecule has 0 amide bonds. The molecule has 1 saturated carbocycles. The van der Waals surface area contributed by atoms with E-state index in [0.717, 1.165) is 49.7 Å². The summed E-state index contributed by atoms with van der Waals surface area (Å²) in [4.78, 5) is 23.9. The van der Waals surface area contributed by atoms with Crippen LogP contribution in [0, 0.1) is 17.8 Å². The third-order valence-corrected chi connectivity index (χ3v) is 5.77. The molecule has 2 aliphatic carbocycles. The van der Waals surface area contributed by atoms with Gasteiger partial charge in [0.05, 0.1) is 11.8 Å². The van der Waals surface area contributed by atoms with E-state index in [1.54, 1.807) is 0 Å². The van der Waals surface area contributed by atoms with Gasteiger partial charge in [-0.25, -0.2) is 0 Å². The predicted octanol–water partition coefficient (Wildman–Crippen LogP) is 3.31. The molecule has 1 heterocycles. The Balaban J connectivity index is 2.03. The van der Waals surface area contributed by atoms with Gasteiger partial charge in [-0.15, -0.1) is 0 Å². The topological polar surface area (TPSA) is 63.6 Å². The number of esters is 1. The Morgan fingerprint density at radius 1 is 1.24 bits per heavy atom. The second-order valence-electron chi connectivity index (χ2n) is 7.00. The molecule has 0 bridgehead atoms. The summed E-state index contributed by atoms with van der Waals surface area (Å²) in [5.74, 6) is -1.25. The van der Waals surface area contributed by atoms with E-state index in [1.165, 1.54) is 0 Å². The van der Waals surface area contributed by atoms with E-state index in [-0.39, 0.29) is 17.8 Å². The molecule has 0 radical (unpaired) electrons. The maximum Gasteiger partial charge on any atom is 0.310 e. The fourth-order valence-corrected chi connectivity index (χ4v) is 4.85. The first-order chi connectivity index (χ1) is 9.95. The van der Waals surface area contributed by atoms with E-state index in [2.05, 4.69) is 0 Å². The Hall–Kier alpha value is -1.32. The Morgan fingerprint density at radius 2 is 1.95 bits per heavy atom. The van der Waals surface area contributed by atoms with Crippen LogP contribution in [-0.4, -0.2) is 22.6 Å². The molecule has 0 spiro atoms. The van der Waals surface area contributed by atoms with Crippen molar-refractivity contribution in [2.45, 2.75) is 64.4 Å². The van der Waals surface area contributed by atoms with Gasteiger partial charge in [-0.2, -0.15) is 0 Å². The van der Waals surface area contributed by atoms with Gasteiger partial charge < -0.3 is 9.84 Å². The maximum atomic E-state index is 12.3. The Kier molecular flexibility index (Phi) is 3.58. The summed E-state index contributed by atoms with van der Waals surface area (Å²) in [6, 6.07) is 0. The minimum Gasteiger partial charge on any atom is -0.481 e. The molecule has 116 valence electrons. The molecule has 3 rings (SSSR count). The van der Waals surface area contributed by atoms with Crippen molar-refractivity contribution in [2.24, 2.45) is 17.8 Å². The number of carbonyl (C=O) groups is 2. The van der Waals surface area contributed by atoms with E-state index >= 15 is 0 Å². The SMILES string of the molecule is CC1=C(C2(C)OC(=O)C3CCCCC32)C(C(=O)O)CCC1. The number of ether oxygens (including phenoxy) is 1. The molecule has 4 atom stereocenters. The minimum atomic E-state index is -0.777. The fourth-order valence-electron chi connectivity index (χ4n) is 4.85. The summed E-state index contributed by atoms with van der Waals surface area (Å²) in [5.41, 5.74) is 1.31. The van der Waals surface area contributed by atoms with Gasteiger partial charge in [0.25, 0.3) is 0 Å². The van der Waals surface area contributed by atoms with Crippen LogP contribution in [0.25, 0.3) is 0 Å². The smallest absolute Gasteiger partial charge is 0.310 e. The Morgan fingerprint density at radius 3 is 2.67 bits per heavy atom. The zero-order chi connectivity index (χ0) is 15.2. The molecule has 21 heavy (non-hydrogen) atoms. The summed E-state index contributed by atoms with van der Waals surface area (Å²) < 4.78 is 5.83. The summed E-state index contributed by atoms with van der Waals surface area (Å²) in [6.45, 7) is 3.97. The van der Waals surface area contributed by atoms with E-state index in [0.29, 0.717) is 6.42 Å². The number of cyclic esters (lactones) is 1. The Labute approximate surface area is 125 Å². The van der Waals surface area contributed by atoms with Gasteiger partial charge in [-0.1, -0.05) is 18.4 Å². The first-order valence-electron chi connectivity index (χ1n) is 8.11. The van der Waals surface area contributed by atoms with Gasteiger partial charge in [0.15, 0.2) is 0 Å². The lowest BCUT2D eigenvalue weighted by Gasteiger charge is -2.40. The van der Waals surface area contributed by atoms with E-state index in [4.69, 9.17) is 4.74 Å². The van der Waals surface area contributed by atoms with Crippen LogP contribution in [0.5, 0.6) is 0 Å². The molecular formula is C17H24O4. The minimum absolute atomic E-state index is 0.0274. The van der Waals surface area contributed by atoms with Crippen molar-refractivity contribution in [3.05, 3.63) is 11.1 Å². The molecule has 0 aromatic carbocycles. The zero-order valence-corrected chi connectivity index (χ0v) is 12.9. The third-order valence-electron chi connectivity index (χ3n) is 5.77. The highest BCUT2D eigenvalue weighted by atomic mass is 16.6. The number of carboxylic acid groups (broad SMARTS) is 1. The van der Waals surface area contributed by atoms with Gasteiger partial charge in [-0.3, -0.25) is 9.59 Å². The fraction of sp³-hybridized carbons (Fsp3) is 0.765. The molecule has 4 nitrogen and oxygen atoms in total.